The van der Waals surface area contributed by atoms with Crippen molar-refractivity contribution in [3.63, 3.8) is 0 Å². The molecular formula is C13H18ClNO. The molecule has 0 aliphatic carbocycles. The first-order valence-corrected chi connectivity index (χ1v) is 5.79. The number of halogens is 1. The summed E-state index contributed by atoms with van der Waals surface area (Å²) in [6.45, 7) is 6.09. The first kappa shape index (κ1) is 13.1. The van der Waals surface area contributed by atoms with E-state index in [1.165, 1.54) is 0 Å². The van der Waals surface area contributed by atoms with E-state index in [-0.39, 0.29) is 0 Å². The van der Waals surface area contributed by atoms with E-state index in [0.29, 0.717) is 17.7 Å². The number of nitrogens with one attached hydrogen (secondary N) is 1. The molecule has 0 amide bonds. The zero-order chi connectivity index (χ0) is 12.0. The zero-order valence-corrected chi connectivity index (χ0v) is 10.6. The van der Waals surface area contributed by atoms with Crippen LogP contribution in [-0.4, -0.2) is 13.7 Å². The Labute approximate surface area is 102 Å². The minimum atomic E-state index is 0.305. The van der Waals surface area contributed by atoms with Gasteiger partial charge in [0, 0.05) is 16.6 Å². The highest BCUT2D eigenvalue weighted by atomic mass is 35.5. The van der Waals surface area contributed by atoms with E-state index >= 15 is 0 Å². The van der Waals surface area contributed by atoms with Gasteiger partial charge in [-0.15, -0.1) is 0 Å². The van der Waals surface area contributed by atoms with Crippen LogP contribution >= 0.6 is 11.6 Å². The normalized spacial score (nSPS) is 12.2. The lowest BCUT2D eigenvalue weighted by atomic mass is 10.0. The highest BCUT2D eigenvalue weighted by Crippen LogP contribution is 2.27. The molecule has 0 heterocycles. The van der Waals surface area contributed by atoms with Crippen LogP contribution in [0.15, 0.2) is 35.9 Å². The van der Waals surface area contributed by atoms with Gasteiger partial charge in [-0.05, 0) is 19.5 Å². The molecule has 16 heavy (non-hydrogen) atoms. The quantitative estimate of drug-likeness (QED) is 0.821. The maximum Gasteiger partial charge on any atom is 0.124 e. The van der Waals surface area contributed by atoms with Crippen LogP contribution in [-0.2, 0) is 0 Å². The Hall–Kier alpha value is -0.990. The first-order chi connectivity index (χ1) is 7.69. The smallest absolute Gasteiger partial charge is 0.124 e. The number of benzene rings is 1. The van der Waals surface area contributed by atoms with Gasteiger partial charge in [0.2, 0.25) is 0 Å². The third-order valence-electron chi connectivity index (χ3n) is 2.44. The average Bonchev–Trinajstić information content (AvgIpc) is 2.29. The average molecular weight is 240 g/mol. The van der Waals surface area contributed by atoms with E-state index in [2.05, 4.69) is 24.9 Å². The van der Waals surface area contributed by atoms with Crippen molar-refractivity contribution in [2.75, 3.05) is 13.7 Å². The maximum absolute atomic E-state index is 5.69. The van der Waals surface area contributed by atoms with Gasteiger partial charge in [-0.3, -0.25) is 0 Å². The predicted molar refractivity (Wildman–Crippen MR) is 69.0 cm³/mol. The van der Waals surface area contributed by atoms with Crippen molar-refractivity contribution in [3.8, 4) is 5.75 Å². The summed E-state index contributed by atoms with van der Waals surface area (Å²) in [5.74, 6) is 0.866. The molecule has 0 bridgehead atoms. The number of hydrogen-bond acceptors (Lipinski definition) is 2. The van der Waals surface area contributed by atoms with Crippen molar-refractivity contribution < 1.29 is 4.74 Å². The lowest BCUT2D eigenvalue weighted by Crippen LogP contribution is -2.16. The fourth-order valence-corrected chi connectivity index (χ4v) is 1.69. The van der Waals surface area contributed by atoms with Crippen molar-refractivity contribution in [2.24, 2.45) is 0 Å². The second kappa shape index (κ2) is 6.56. The molecule has 1 aromatic carbocycles. The van der Waals surface area contributed by atoms with Crippen molar-refractivity contribution in [3.05, 3.63) is 41.4 Å². The Morgan fingerprint density at radius 2 is 2.19 bits per heavy atom. The van der Waals surface area contributed by atoms with Crippen LogP contribution in [0.5, 0.6) is 5.75 Å². The van der Waals surface area contributed by atoms with E-state index in [1.54, 1.807) is 0 Å². The van der Waals surface area contributed by atoms with Crippen LogP contribution in [0.2, 0.25) is 0 Å². The van der Waals surface area contributed by atoms with Crippen molar-refractivity contribution in [1.29, 1.82) is 0 Å². The third-order valence-corrected chi connectivity index (χ3v) is 2.54. The van der Waals surface area contributed by atoms with Gasteiger partial charge in [-0.1, -0.05) is 43.3 Å². The molecular weight excluding hydrogens is 222 g/mol. The SMILES string of the molecule is C=C(Cl)COc1ccccc1C(CC)NC. The Morgan fingerprint density at radius 1 is 1.50 bits per heavy atom. The maximum atomic E-state index is 5.69. The Kier molecular flexibility index (Phi) is 5.36. The molecule has 0 aliphatic rings. The molecule has 0 saturated heterocycles. The van der Waals surface area contributed by atoms with Gasteiger partial charge >= 0.3 is 0 Å². The van der Waals surface area contributed by atoms with Gasteiger partial charge in [0.05, 0.1) is 0 Å². The Balaban J connectivity index is 2.86. The second-order valence-corrected chi connectivity index (χ2v) is 4.13. The topological polar surface area (TPSA) is 21.3 Å². The van der Waals surface area contributed by atoms with Gasteiger partial charge in [0.1, 0.15) is 12.4 Å². The summed E-state index contributed by atoms with van der Waals surface area (Å²) in [7, 11) is 1.95. The van der Waals surface area contributed by atoms with Crippen LogP contribution in [0.1, 0.15) is 24.9 Å². The number of para-hydroxylation sites is 1. The minimum absolute atomic E-state index is 0.305. The van der Waals surface area contributed by atoms with Crippen molar-refractivity contribution in [1.82, 2.24) is 5.32 Å². The molecule has 0 aliphatic heterocycles. The van der Waals surface area contributed by atoms with E-state index in [9.17, 15) is 0 Å². The Morgan fingerprint density at radius 3 is 2.75 bits per heavy atom. The van der Waals surface area contributed by atoms with E-state index in [4.69, 9.17) is 16.3 Å². The largest absolute Gasteiger partial charge is 0.488 e. The molecule has 0 saturated carbocycles. The van der Waals surface area contributed by atoms with Gasteiger partial charge in [0.25, 0.3) is 0 Å². The molecule has 0 radical (unpaired) electrons. The van der Waals surface area contributed by atoms with E-state index in [1.807, 2.05) is 25.2 Å². The van der Waals surface area contributed by atoms with E-state index < -0.39 is 0 Å². The first-order valence-electron chi connectivity index (χ1n) is 5.41. The summed E-state index contributed by atoms with van der Waals surface area (Å²) >= 11 is 5.69. The summed E-state index contributed by atoms with van der Waals surface area (Å²) in [6, 6.07) is 8.29. The van der Waals surface area contributed by atoms with Crippen LogP contribution in [0.3, 0.4) is 0 Å². The fourth-order valence-electron chi connectivity index (χ4n) is 1.64. The molecule has 2 nitrogen and oxygen atoms in total. The van der Waals surface area contributed by atoms with Crippen LogP contribution in [0.25, 0.3) is 0 Å². The number of rotatable bonds is 6. The van der Waals surface area contributed by atoms with Crippen molar-refractivity contribution >= 4 is 11.6 Å². The second-order valence-electron chi connectivity index (χ2n) is 3.59. The van der Waals surface area contributed by atoms with Gasteiger partial charge in [0.15, 0.2) is 0 Å². The highest BCUT2D eigenvalue weighted by molar-refractivity contribution is 6.29. The molecule has 1 unspecified atom stereocenters. The number of hydrogen-bond donors (Lipinski definition) is 1. The monoisotopic (exact) mass is 239 g/mol. The lowest BCUT2D eigenvalue weighted by molar-refractivity contribution is 0.350. The molecule has 1 aromatic rings. The van der Waals surface area contributed by atoms with Gasteiger partial charge in [-0.2, -0.15) is 0 Å². The molecule has 88 valence electrons. The van der Waals surface area contributed by atoms with E-state index in [0.717, 1.165) is 17.7 Å². The summed E-state index contributed by atoms with van der Waals surface area (Å²) in [6.07, 6.45) is 1.01. The molecule has 0 aromatic heterocycles. The van der Waals surface area contributed by atoms with Gasteiger partial charge in [-0.25, -0.2) is 0 Å². The predicted octanol–water partition coefficient (Wildman–Crippen LogP) is 3.49. The lowest BCUT2D eigenvalue weighted by Gasteiger charge is -2.18. The van der Waals surface area contributed by atoms with Crippen molar-refractivity contribution in [2.45, 2.75) is 19.4 Å². The zero-order valence-electron chi connectivity index (χ0n) is 9.79. The van der Waals surface area contributed by atoms with Gasteiger partial charge < -0.3 is 10.1 Å². The minimum Gasteiger partial charge on any atom is -0.488 e. The molecule has 0 fully saturated rings. The van der Waals surface area contributed by atoms with Crippen LogP contribution < -0.4 is 10.1 Å². The Bertz CT molecular complexity index is 348. The number of ether oxygens (including phenoxy) is 1. The van der Waals surface area contributed by atoms with Crippen LogP contribution in [0.4, 0.5) is 0 Å². The molecule has 1 rings (SSSR count). The summed E-state index contributed by atoms with van der Waals surface area (Å²) in [5, 5.41) is 3.77. The fraction of sp³-hybridized carbons (Fsp3) is 0.385. The molecule has 1 N–H and O–H groups in total. The highest BCUT2D eigenvalue weighted by Gasteiger charge is 2.11. The molecule has 3 heteroatoms. The molecule has 1 atom stereocenters. The molecule has 0 spiro atoms. The summed E-state index contributed by atoms with van der Waals surface area (Å²) in [5.41, 5.74) is 1.16. The summed E-state index contributed by atoms with van der Waals surface area (Å²) in [4.78, 5) is 0. The third kappa shape index (κ3) is 3.54. The summed E-state index contributed by atoms with van der Waals surface area (Å²) < 4.78 is 5.61. The van der Waals surface area contributed by atoms with Crippen LogP contribution in [0, 0.1) is 0 Å². The standard InChI is InChI=1S/C13H18ClNO/c1-4-12(15-3)11-7-5-6-8-13(11)16-9-10(2)14/h5-8,12,15H,2,4,9H2,1,3H3.